The summed E-state index contributed by atoms with van der Waals surface area (Å²) in [5.74, 6) is 0. The Labute approximate surface area is 247 Å². The van der Waals surface area contributed by atoms with Crippen molar-refractivity contribution in [3.8, 4) is 0 Å². The Morgan fingerprint density at radius 3 is 0.750 bits per heavy atom. The Morgan fingerprint density at radius 2 is 0.525 bits per heavy atom. The van der Waals surface area contributed by atoms with Crippen LogP contribution in [0.15, 0.2) is 182 Å². The summed E-state index contributed by atoms with van der Waals surface area (Å²) in [5.41, 5.74) is 0. The molecule has 40 heavy (non-hydrogen) atoms. The molecule has 0 nitrogen and oxygen atoms in total. The Bertz CT molecular complexity index is 1340. The van der Waals surface area contributed by atoms with E-state index in [2.05, 4.69) is 189 Å². The topological polar surface area (TPSA) is 0 Å². The fraction of sp³-hybridized carbons (Fsp3) is 0.0270. The minimum absolute atomic E-state index is 0. The first-order valence-electron chi connectivity index (χ1n) is 13.3. The molecule has 0 radical (unpaired) electrons. The lowest BCUT2D eigenvalue weighted by molar-refractivity contribution is 1.72. The zero-order chi connectivity index (χ0) is 26.8. The van der Waals surface area contributed by atoms with Gasteiger partial charge in [0.1, 0.15) is 23.2 Å². The Morgan fingerprint density at radius 1 is 0.325 bits per heavy atom. The van der Waals surface area contributed by atoms with Gasteiger partial charge in [0.15, 0.2) is 0 Å². The van der Waals surface area contributed by atoms with E-state index in [1.165, 1.54) is 31.8 Å². The first-order valence-corrected chi connectivity index (χ1v) is 16.8. The van der Waals surface area contributed by atoms with E-state index in [0.717, 1.165) is 0 Å². The molecule has 0 atom stereocenters. The predicted octanol–water partition coefficient (Wildman–Crippen LogP) is 7.48. The molecule has 6 rings (SSSR count). The van der Waals surface area contributed by atoms with Crippen molar-refractivity contribution in [3.05, 3.63) is 182 Å². The van der Waals surface area contributed by atoms with Crippen LogP contribution in [0, 0.1) is 0 Å². The molecule has 0 saturated carbocycles. The van der Waals surface area contributed by atoms with Gasteiger partial charge in [-0.05, 0) is 60.2 Å². The average Bonchev–Trinajstić information content (AvgIpc) is 3.04. The van der Waals surface area contributed by atoms with Gasteiger partial charge in [-0.15, -0.1) is 12.4 Å². The molecule has 0 aromatic heterocycles. The van der Waals surface area contributed by atoms with Crippen molar-refractivity contribution in [2.75, 3.05) is 6.66 Å². The first kappa shape index (κ1) is 29.5. The molecular formula is C37H34ClP2+. The third-order valence-corrected chi connectivity index (χ3v) is 13.3. The van der Waals surface area contributed by atoms with Gasteiger partial charge in [-0.25, -0.2) is 0 Å². The molecule has 0 bridgehead atoms. The zero-order valence-electron chi connectivity index (χ0n) is 22.6. The molecule has 0 aliphatic rings. The van der Waals surface area contributed by atoms with Gasteiger partial charge in [-0.3, -0.25) is 0 Å². The van der Waals surface area contributed by atoms with Gasteiger partial charge in [0.05, 0.1) is 6.66 Å². The third-order valence-electron chi connectivity index (χ3n) is 6.86. The molecule has 0 amide bonds. The van der Waals surface area contributed by atoms with Crippen LogP contribution in [0.2, 0.25) is 0 Å². The maximum atomic E-state index is 2.41. The summed E-state index contributed by atoms with van der Waals surface area (Å²) in [6.07, 6.45) is 0. The smallest absolute Gasteiger partial charge is 0.109 e. The minimum atomic E-state index is -1.53. The Balaban J connectivity index is 0.000000181. The van der Waals surface area contributed by atoms with Crippen molar-refractivity contribution in [2.24, 2.45) is 0 Å². The SMILES string of the molecule is C[P+](c1ccccc1)(c1ccccc1)c1ccccc1.Cl.c1ccc(P(c2ccccc2)c2ccccc2)cc1. The Hall–Kier alpha value is -3.53. The maximum Gasteiger partial charge on any atom is 0.109 e. The zero-order valence-corrected chi connectivity index (χ0v) is 25.2. The van der Waals surface area contributed by atoms with Crippen LogP contribution in [-0.4, -0.2) is 6.66 Å². The van der Waals surface area contributed by atoms with E-state index in [9.17, 15) is 0 Å². The molecule has 0 aliphatic heterocycles. The number of benzene rings is 6. The fourth-order valence-corrected chi connectivity index (χ4v) is 10.3. The normalized spacial score (nSPS) is 10.7. The van der Waals surface area contributed by atoms with Crippen molar-refractivity contribution in [2.45, 2.75) is 0 Å². The van der Waals surface area contributed by atoms with Gasteiger partial charge >= 0.3 is 0 Å². The summed E-state index contributed by atoms with van der Waals surface area (Å²) in [7, 11) is -1.97. The van der Waals surface area contributed by atoms with Crippen LogP contribution in [-0.2, 0) is 0 Å². The number of rotatable bonds is 6. The van der Waals surface area contributed by atoms with Crippen molar-refractivity contribution < 1.29 is 0 Å². The predicted molar refractivity (Wildman–Crippen MR) is 183 cm³/mol. The molecule has 0 N–H and O–H groups in total. The summed E-state index contributed by atoms with van der Waals surface area (Å²) in [6, 6.07) is 65.0. The van der Waals surface area contributed by atoms with Crippen LogP contribution in [0.5, 0.6) is 0 Å². The number of halogens is 1. The van der Waals surface area contributed by atoms with Gasteiger partial charge < -0.3 is 0 Å². The summed E-state index contributed by atoms with van der Waals surface area (Å²) in [4.78, 5) is 0. The second-order valence-corrected chi connectivity index (χ2v) is 15.1. The second-order valence-electron chi connectivity index (χ2n) is 9.35. The summed E-state index contributed by atoms with van der Waals surface area (Å²) >= 11 is 0. The van der Waals surface area contributed by atoms with Gasteiger partial charge in [-0.2, -0.15) is 0 Å². The van der Waals surface area contributed by atoms with E-state index in [-0.39, 0.29) is 12.4 Å². The largest absolute Gasteiger partial charge is 0.147 e. The molecule has 6 aromatic rings. The van der Waals surface area contributed by atoms with E-state index < -0.39 is 15.2 Å². The highest BCUT2D eigenvalue weighted by atomic mass is 35.5. The third kappa shape index (κ3) is 6.96. The van der Waals surface area contributed by atoms with Gasteiger partial charge in [0.25, 0.3) is 0 Å². The van der Waals surface area contributed by atoms with Gasteiger partial charge in [0.2, 0.25) is 0 Å². The second kappa shape index (κ2) is 14.7. The van der Waals surface area contributed by atoms with Crippen molar-refractivity contribution in [1.82, 2.24) is 0 Å². The van der Waals surface area contributed by atoms with Crippen LogP contribution in [0.4, 0.5) is 0 Å². The van der Waals surface area contributed by atoms with Gasteiger partial charge in [-0.1, -0.05) is 146 Å². The Kier molecular flexibility index (Phi) is 10.9. The lowest BCUT2D eigenvalue weighted by atomic mass is 10.4. The van der Waals surface area contributed by atoms with Crippen LogP contribution in [0.1, 0.15) is 0 Å². The summed E-state index contributed by atoms with van der Waals surface area (Å²) in [5, 5.41) is 8.48. The van der Waals surface area contributed by atoms with E-state index in [1.807, 2.05) is 0 Å². The number of hydrogen-bond donors (Lipinski definition) is 0. The van der Waals surface area contributed by atoms with E-state index in [4.69, 9.17) is 0 Å². The molecule has 0 fully saturated rings. The molecule has 6 aromatic carbocycles. The van der Waals surface area contributed by atoms with Crippen LogP contribution >= 0.6 is 27.6 Å². The lowest BCUT2D eigenvalue weighted by Gasteiger charge is -2.22. The molecule has 0 saturated heterocycles. The van der Waals surface area contributed by atoms with Crippen LogP contribution in [0.3, 0.4) is 0 Å². The highest BCUT2D eigenvalue weighted by molar-refractivity contribution is 7.95. The highest BCUT2D eigenvalue weighted by Gasteiger charge is 2.39. The summed E-state index contributed by atoms with van der Waals surface area (Å²) in [6.45, 7) is 2.41. The van der Waals surface area contributed by atoms with Crippen molar-refractivity contribution >= 4 is 59.4 Å². The molecule has 0 spiro atoms. The average molecular weight is 576 g/mol. The monoisotopic (exact) mass is 575 g/mol. The molecule has 3 heteroatoms. The first-order chi connectivity index (χ1) is 19.3. The van der Waals surface area contributed by atoms with Crippen molar-refractivity contribution in [1.29, 1.82) is 0 Å². The lowest BCUT2D eigenvalue weighted by Crippen LogP contribution is -2.30. The fourth-order valence-electron chi connectivity index (χ4n) is 4.80. The molecule has 0 unspecified atom stereocenters. The van der Waals surface area contributed by atoms with Crippen molar-refractivity contribution in [3.63, 3.8) is 0 Å². The molecule has 0 heterocycles. The van der Waals surface area contributed by atoms with E-state index in [0.29, 0.717) is 0 Å². The van der Waals surface area contributed by atoms with E-state index >= 15 is 0 Å². The standard InChI is InChI=1S/C19H18P.C18H15P.ClH/c1-20(17-11-5-2-6-12-17,18-13-7-3-8-14-18)19-15-9-4-10-16-19;1-4-10-16(11-5-1)19(17-12-6-2-7-13-17)18-14-8-3-9-15-18;/h2-16H,1H3;1-15H;1H/q+1;;. The highest BCUT2D eigenvalue weighted by Crippen LogP contribution is 2.51. The summed E-state index contributed by atoms with van der Waals surface area (Å²) < 4.78 is 0. The molecule has 198 valence electrons. The van der Waals surface area contributed by atoms with Crippen LogP contribution < -0.4 is 31.8 Å². The van der Waals surface area contributed by atoms with Crippen LogP contribution in [0.25, 0.3) is 0 Å². The molecule has 0 aliphatic carbocycles. The van der Waals surface area contributed by atoms with E-state index in [1.54, 1.807) is 0 Å². The van der Waals surface area contributed by atoms with Gasteiger partial charge in [0, 0.05) is 0 Å². The molecular weight excluding hydrogens is 542 g/mol. The maximum absolute atomic E-state index is 2.41. The quantitative estimate of drug-likeness (QED) is 0.181. The number of hydrogen-bond acceptors (Lipinski definition) is 0. The minimum Gasteiger partial charge on any atom is -0.147 e.